The van der Waals surface area contributed by atoms with Gasteiger partial charge in [0.1, 0.15) is 21.7 Å². The highest BCUT2D eigenvalue weighted by Crippen LogP contribution is 2.66. The topological polar surface area (TPSA) is 74.3 Å². The molecule has 45 heavy (non-hydrogen) atoms. The van der Waals surface area contributed by atoms with Crippen LogP contribution in [0.3, 0.4) is 0 Å². The van der Waals surface area contributed by atoms with Crippen molar-refractivity contribution in [3.8, 4) is 22.6 Å². The number of hydrogen-bond donors (Lipinski definition) is 0. The number of hydrogen-bond acceptors (Lipinski definition) is 7. The van der Waals surface area contributed by atoms with Crippen molar-refractivity contribution in [2.24, 2.45) is 16.7 Å². The van der Waals surface area contributed by atoms with E-state index >= 15 is 0 Å². The van der Waals surface area contributed by atoms with Crippen LogP contribution in [0, 0.1) is 16.7 Å². The van der Waals surface area contributed by atoms with Gasteiger partial charge >= 0.3 is 11.9 Å². The number of cyclic esters (lactones) is 1. The maximum absolute atomic E-state index is 12.7. The van der Waals surface area contributed by atoms with E-state index in [1.54, 1.807) is 0 Å². The molecule has 7 nitrogen and oxygen atoms in total. The second-order valence-corrected chi connectivity index (χ2v) is 14.4. The molecule has 0 aromatic heterocycles. The number of benzene rings is 2. The second kappa shape index (κ2) is 14.3. The smallest absolute Gasteiger partial charge is 0.349 e. The van der Waals surface area contributed by atoms with Crippen LogP contribution in [-0.2, 0) is 19.1 Å². The first kappa shape index (κ1) is 33.5. The van der Waals surface area contributed by atoms with Crippen molar-refractivity contribution in [1.82, 2.24) is 4.90 Å². The quantitative estimate of drug-likeness (QED) is 0.106. The molecule has 0 saturated heterocycles. The van der Waals surface area contributed by atoms with E-state index in [1.807, 2.05) is 60.5 Å². The third-order valence-electron chi connectivity index (χ3n) is 10.7. The van der Waals surface area contributed by atoms with Gasteiger partial charge in [-0.05, 0) is 100 Å². The first-order valence-electron chi connectivity index (χ1n) is 16.5. The lowest BCUT2D eigenvalue weighted by molar-refractivity contribution is -0.186. The first-order valence-corrected chi connectivity index (χ1v) is 17.3. The van der Waals surface area contributed by atoms with Crippen LogP contribution >= 0.6 is 15.9 Å². The molecule has 3 aliphatic rings. The molecule has 2 aliphatic carbocycles. The Hall–Kier alpha value is -2.84. The SMILES string of the molecule is CCCCCCOc1ccc(-c2ccc(OC(=O)CCCN(C)C3=C(Br)C(=O)O[C@@H]3O[C@@H]3C[C@@H]4CC[C@@]3(C)C4(C)C)cc2)cc1. The fourth-order valence-electron chi connectivity index (χ4n) is 7.28. The van der Waals surface area contributed by atoms with Crippen LogP contribution in [0.5, 0.6) is 11.5 Å². The fourth-order valence-corrected chi connectivity index (χ4v) is 7.86. The maximum atomic E-state index is 12.7. The summed E-state index contributed by atoms with van der Waals surface area (Å²) in [5.41, 5.74) is 3.04. The van der Waals surface area contributed by atoms with Crippen molar-refractivity contribution in [2.75, 3.05) is 20.2 Å². The largest absolute Gasteiger partial charge is 0.494 e. The van der Waals surface area contributed by atoms with E-state index in [9.17, 15) is 9.59 Å². The molecule has 1 aliphatic heterocycles. The predicted octanol–water partition coefficient (Wildman–Crippen LogP) is 8.65. The van der Waals surface area contributed by atoms with Crippen molar-refractivity contribution in [1.29, 1.82) is 0 Å². The number of ether oxygens (including phenoxy) is 4. The number of rotatable bonds is 15. The average Bonchev–Trinajstić information content (AvgIpc) is 3.50. The number of halogens is 1. The van der Waals surface area contributed by atoms with Gasteiger partial charge in [0.2, 0.25) is 6.29 Å². The Morgan fingerprint density at radius 2 is 1.64 bits per heavy atom. The molecule has 0 unspecified atom stereocenters. The van der Waals surface area contributed by atoms with E-state index in [-0.39, 0.29) is 29.3 Å². The van der Waals surface area contributed by atoms with Gasteiger partial charge in [0.25, 0.3) is 0 Å². The molecule has 0 N–H and O–H groups in total. The molecule has 4 atom stereocenters. The van der Waals surface area contributed by atoms with Crippen LogP contribution in [-0.4, -0.2) is 49.4 Å². The van der Waals surface area contributed by atoms with Crippen molar-refractivity contribution >= 4 is 27.9 Å². The van der Waals surface area contributed by atoms with Gasteiger partial charge in [0.15, 0.2) is 0 Å². The van der Waals surface area contributed by atoms with Crippen LogP contribution in [0.1, 0.15) is 85.5 Å². The highest BCUT2D eigenvalue weighted by atomic mass is 79.9. The Morgan fingerprint density at radius 3 is 2.24 bits per heavy atom. The zero-order chi connectivity index (χ0) is 32.2. The summed E-state index contributed by atoms with van der Waals surface area (Å²) in [6.07, 6.45) is 8.16. The number of carbonyl (C=O) groups excluding carboxylic acids is 2. The van der Waals surface area contributed by atoms with Crippen LogP contribution in [0.4, 0.5) is 0 Å². The average molecular weight is 683 g/mol. The summed E-state index contributed by atoms with van der Waals surface area (Å²) in [6, 6.07) is 15.6. The zero-order valence-electron chi connectivity index (χ0n) is 27.4. The van der Waals surface area contributed by atoms with Gasteiger partial charge < -0.3 is 23.8 Å². The Bertz CT molecular complexity index is 1370. The van der Waals surface area contributed by atoms with E-state index in [2.05, 4.69) is 43.6 Å². The molecule has 2 fully saturated rings. The Morgan fingerprint density at radius 1 is 0.978 bits per heavy atom. The summed E-state index contributed by atoms with van der Waals surface area (Å²) < 4.78 is 24.0. The lowest BCUT2D eigenvalue weighted by Crippen LogP contribution is -2.41. The fraction of sp³-hybridized carbons (Fsp3) is 0.568. The molecular weight excluding hydrogens is 634 g/mol. The molecule has 0 amide bonds. The van der Waals surface area contributed by atoms with E-state index < -0.39 is 12.3 Å². The monoisotopic (exact) mass is 681 g/mol. The summed E-state index contributed by atoms with van der Waals surface area (Å²) in [5.74, 6) is 1.30. The minimum absolute atomic E-state index is 0.0331. The molecule has 2 aromatic carbocycles. The van der Waals surface area contributed by atoms with E-state index in [0.29, 0.717) is 34.8 Å². The van der Waals surface area contributed by atoms with E-state index in [0.717, 1.165) is 42.7 Å². The molecule has 1 heterocycles. The molecule has 2 saturated carbocycles. The van der Waals surface area contributed by atoms with Crippen molar-refractivity contribution in [3.63, 3.8) is 0 Å². The number of unbranched alkanes of at least 4 members (excludes halogenated alkanes) is 3. The highest BCUT2D eigenvalue weighted by molar-refractivity contribution is 9.12. The van der Waals surface area contributed by atoms with Gasteiger partial charge in [-0.3, -0.25) is 4.79 Å². The first-order chi connectivity index (χ1) is 21.5. The minimum Gasteiger partial charge on any atom is -0.494 e. The van der Waals surface area contributed by atoms with Gasteiger partial charge in [-0.25, -0.2) is 4.79 Å². The lowest BCUT2D eigenvalue weighted by Gasteiger charge is -2.40. The Labute approximate surface area is 276 Å². The van der Waals surface area contributed by atoms with Crippen LogP contribution in [0.15, 0.2) is 58.7 Å². The maximum Gasteiger partial charge on any atom is 0.349 e. The number of esters is 2. The summed E-state index contributed by atoms with van der Waals surface area (Å²) in [6.45, 7) is 10.5. The molecular formula is C37H48BrNO6. The number of carbonyl (C=O) groups is 2. The Kier molecular flexibility index (Phi) is 10.6. The van der Waals surface area contributed by atoms with E-state index in [4.69, 9.17) is 18.9 Å². The standard InChI is InChI=1S/C37H48BrNO6/c1-6-7-8-9-23-42-28-16-12-25(13-17-28)26-14-18-29(19-15-26)43-31(40)11-10-22-39(5)33-32(38)34(41)45-35(33)44-30-24-27-20-21-37(30,4)36(27,2)3/h12-19,27,30,35H,6-11,20-24H2,1-5H3/t27-,30+,35-,37+/m0/s1. The third-order valence-corrected chi connectivity index (χ3v) is 11.4. The Balaban J connectivity index is 1.07. The molecule has 0 spiro atoms. The lowest BCUT2D eigenvalue weighted by atomic mass is 9.70. The second-order valence-electron chi connectivity index (χ2n) is 13.6. The minimum atomic E-state index is -0.751. The molecule has 0 radical (unpaired) electrons. The zero-order valence-corrected chi connectivity index (χ0v) is 29.0. The van der Waals surface area contributed by atoms with Crippen LogP contribution < -0.4 is 9.47 Å². The summed E-state index contributed by atoms with van der Waals surface area (Å²) in [5, 5.41) is 0. The van der Waals surface area contributed by atoms with E-state index in [1.165, 1.54) is 25.7 Å². The van der Waals surface area contributed by atoms with Gasteiger partial charge in [-0.2, -0.15) is 0 Å². The van der Waals surface area contributed by atoms with Gasteiger partial charge in [-0.1, -0.05) is 71.2 Å². The number of nitrogens with zero attached hydrogens (tertiary/aromatic N) is 1. The van der Waals surface area contributed by atoms with Crippen molar-refractivity contribution in [2.45, 2.75) is 97.9 Å². The highest BCUT2D eigenvalue weighted by Gasteiger charge is 2.62. The molecule has 8 heteroatoms. The summed E-state index contributed by atoms with van der Waals surface area (Å²) in [4.78, 5) is 27.1. The number of likely N-dealkylation sites (N-methyl/N-ethyl adjacent to an activating group) is 1. The molecule has 2 aromatic rings. The van der Waals surface area contributed by atoms with Crippen LogP contribution in [0.2, 0.25) is 0 Å². The van der Waals surface area contributed by atoms with Crippen molar-refractivity contribution in [3.05, 3.63) is 58.7 Å². The van der Waals surface area contributed by atoms with Crippen molar-refractivity contribution < 1.29 is 28.5 Å². The van der Waals surface area contributed by atoms with Crippen LogP contribution in [0.25, 0.3) is 11.1 Å². The van der Waals surface area contributed by atoms with Gasteiger partial charge in [-0.15, -0.1) is 0 Å². The predicted molar refractivity (Wildman–Crippen MR) is 179 cm³/mol. The van der Waals surface area contributed by atoms with Gasteiger partial charge in [0, 0.05) is 20.0 Å². The summed E-state index contributed by atoms with van der Waals surface area (Å²) >= 11 is 3.43. The summed E-state index contributed by atoms with van der Waals surface area (Å²) in [7, 11) is 1.90. The third kappa shape index (κ3) is 7.27. The number of fused-ring (bicyclic) bond motifs is 2. The molecule has 2 bridgehead atoms. The normalized spacial score (nSPS) is 25.0. The molecule has 5 rings (SSSR count). The van der Waals surface area contributed by atoms with Gasteiger partial charge in [0.05, 0.1) is 12.7 Å². The molecule has 244 valence electrons.